The van der Waals surface area contributed by atoms with Crippen LogP contribution in [0.4, 0.5) is 0 Å². The zero-order valence-electron chi connectivity index (χ0n) is 9.81. The van der Waals surface area contributed by atoms with Crippen LogP contribution in [-0.2, 0) is 13.0 Å². The first kappa shape index (κ1) is 12.3. The molecule has 2 aromatic rings. The van der Waals surface area contributed by atoms with E-state index in [9.17, 15) is 0 Å². The number of aryl methyl sites for hydroxylation is 2. The third-order valence-corrected chi connectivity index (χ3v) is 3.71. The Bertz CT molecular complexity index is 489. The van der Waals surface area contributed by atoms with Crippen LogP contribution in [0.1, 0.15) is 30.0 Å². The van der Waals surface area contributed by atoms with E-state index in [4.69, 9.17) is 5.73 Å². The molecule has 1 unspecified atom stereocenters. The highest BCUT2D eigenvalue weighted by Crippen LogP contribution is 2.24. The molecule has 0 aromatic carbocycles. The van der Waals surface area contributed by atoms with Crippen LogP contribution >= 0.6 is 15.9 Å². The van der Waals surface area contributed by atoms with Gasteiger partial charge >= 0.3 is 0 Å². The lowest BCUT2D eigenvalue weighted by Gasteiger charge is -2.10. The van der Waals surface area contributed by atoms with E-state index in [1.54, 1.807) is 6.20 Å². The van der Waals surface area contributed by atoms with Crippen LogP contribution < -0.4 is 5.73 Å². The number of halogens is 1. The largest absolute Gasteiger partial charge is 0.322 e. The van der Waals surface area contributed by atoms with Crippen LogP contribution in [0.2, 0.25) is 0 Å². The molecule has 0 amide bonds. The quantitative estimate of drug-likeness (QED) is 0.892. The third kappa shape index (κ3) is 2.39. The van der Waals surface area contributed by atoms with Crippen molar-refractivity contribution in [2.45, 2.75) is 32.9 Å². The van der Waals surface area contributed by atoms with Gasteiger partial charge in [-0.25, -0.2) is 0 Å². The molecular weight excluding hydrogens is 284 g/mol. The van der Waals surface area contributed by atoms with E-state index >= 15 is 0 Å². The zero-order valence-corrected chi connectivity index (χ0v) is 11.4. The maximum atomic E-state index is 6.09. The fourth-order valence-electron chi connectivity index (χ4n) is 1.77. The van der Waals surface area contributed by atoms with Gasteiger partial charge in [-0.3, -0.25) is 4.68 Å². The van der Waals surface area contributed by atoms with E-state index in [2.05, 4.69) is 43.4 Å². The van der Waals surface area contributed by atoms with Crippen LogP contribution in [0.25, 0.3) is 0 Å². The number of aromatic nitrogens is 5. The maximum Gasteiger partial charge on any atom is 0.0995 e. The minimum atomic E-state index is -0.175. The molecule has 0 saturated carbocycles. The van der Waals surface area contributed by atoms with E-state index in [-0.39, 0.29) is 6.04 Å². The van der Waals surface area contributed by atoms with E-state index in [0.29, 0.717) is 6.42 Å². The smallest absolute Gasteiger partial charge is 0.0995 e. The van der Waals surface area contributed by atoms with Gasteiger partial charge in [-0.1, -0.05) is 0 Å². The van der Waals surface area contributed by atoms with E-state index < -0.39 is 0 Å². The van der Waals surface area contributed by atoms with Gasteiger partial charge in [0.15, 0.2) is 0 Å². The Morgan fingerprint density at radius 2 is 2.35 bits per heavy atom. The molecule has 6 nitrogen and oxygen atoms in total. The average Bonchev–Trinajstić information content (AvgIpc) is 2.92. The van der Waals surface area contributed by atoms with E-state index in [0.717, 1.165) is 28.1 Å². The zero-order chi connectivity index (χ0) is 12.4. The maximum absolute atomic E-state index is 6.09. The van der Waals surface area contributed by atoms with Gasteiger partial charge < -0.3 is 5.73 Å². The molecule has 92 valence electrons. The van der Waals surface area contributed by atoms with Crippen LogP contribution in [-0.4, -0.2) is 25.2 Å². The van der Waals surface area contributed by atoms with Crippen molar-refractivity contribution in [3.8, 4) is 0 Å². The predicted molar refractivity (Wildman–Crippen MR) is 67.4 cm³/mol. The second-order valence-electron chi connectivity index (χ2n) is 3.87. The summed E-state index contributed by atoms with van der Waals surface area (Å²) < 4.78 is 2.98. The van der Waals surface area contributed by atoms with Crippen molar-refractivity contribution in [2.75, 3.05) is 0 Å². The first-order valence-electron chi connectivity index (χ1n) is 5.46. The Labute approximate surface area is 108 Å². The number of nitrogens with two attached hydrogens (primary N) is 1. The number of rotatable bonds is 4. The molecule has 0 aliphatic heterocycles. The van der Waals surface area contributed by atoms with Crippen molar-refractivity contribution in [2.24, 2.45) is 5.73 Å². The average molecular weight is 299 g/mol. The van der Waals surface area contributed by atoms with Crippen molar-refractivity contribution < 1.29 is 0 Å². The number of hydrogen-bond donors (Lipinski definition) is 2. The second-order valence-corrected chi connectivity index (χ2v) is 4.66. The lowest BCUT2D eigenvalue weighted by molar-refractivity contribution is 0.580. The van der Waals surface area contributed by atoms with Crippen LogP contribution in [0.15, 0.2) is 10.7 Å². The Balaban J connectivity index is 2.24. The van der Waals surface area contributed by atoms with Gasteiger partial charge in [0.1, 0.15) is 0 Å². The Morgan fingerprint density at radius 3 is 2.94 bits per heavy atom. The Hall–Kier alpha value is -1.21. The van der Waals surface area contributed by atoms with Crippen molar-refractivity contribution >= 4 is 15.9 Å². The number of H-pyrrole nitrogens is 1. The standard InChI is InChI=1S/C10H15BrN6/c1-3-17-9(10(11)6(2)15-17)4-7(12)8-5-13-16-14-8/h5,7H,3-4,12H2,1-2H3,(H,13,14,16). The van der Waals surface area contributed by atoms with E-state index in [1.165, 1.54) is 0 Å². The molecule has 1 atom stereocenters. The highest BCUT2D eigenvalue weighted by Gasteiger charge is 2.17. The molecule has 0 spiro atoms. The minimum absolute atomic E-state index is 0.175. The molecular formula is C10H15BrN6. The summed E-state index contributed by atoms with van der Waals surface area (Å²) in [5, 5.41) is 14.8. The fourth-order valence-corrected chi connectivity index (χ4v) is 2.21. The van der Waals surface area contributed by atoms with Gasteiger partial charge in [0.25, 0.3) is 0 Å². The molecule has 2 aromatic heterocycles. The summed E-state index contributed by atoms with van der Waals surface area (Å²) in [6.45, 7) is 4.86. The lowest BCUT2D eigenvalue weighted by atomic mass is 10.1. The second kappa shape index (κ2) is 4.97. The summed E-state index contributed by atoms with van der Waals surface area (Å²) in [7, 11) is 0. The van der Waals surface area contributed by atoms with Gasteiger partial charge in [-0.05, 0) is 29.8 Å². The lowest BCUT2D eigenvalue weighted by Crippen LogP contribution is -2.16. The van der Waals surface area contributed by atoms with Crippen molar-refractivity contribution in [3.63, 3.8) is 0 Å². The normalized spacial score (nSPS) is 12.9. The predicted octanol–water partition coefficient (Wildman–Crippen LogP) is 1.33. The molecule has 0 aliphatic carbocycles. The molecule has 0 bridgehead atoms. The molecule has 2 rings (SSSR count). The number of nitrogens with one attached hydrogen (secondary N) is 1. The molecule has 2 heterocycles. The van der Waals surface area contributed by atoms with Crippen molar-refractivity contribution in [1.82, 2.24) is 25.2 Å². The topological polar surface area (TPSA) is 85.4 Å². The first-order chi connectivity index (χ1) is 8.13. The van der Waals surface area contributed by atoms with Crippen LogP contribution in [0, 0.1) is 6.92 Å². The summed E-state index contributed by atoms with van der Waals surface area (Å²) in [6.07, 6.45) is 2.33. The Kier molecular flexibility index (Phi) is 3.58. The number of hydrogen-bond acceptors (Lipinski definition) is 4. The SMILES string of the molecule is CCn1nc(C)c(Br)c1CC(N)c1cn[nH]n1. The summed E-state index contributed by atoms with van der Waals surface area (Å²) in [4.78, 5) is 0. The molecule has 0 fully saturated rings. The number of aromatic amines is 1. The van der Waals surface area contributed by atoms with Crippen LogP contribution in [0.3, 0.4) is 0 Å². The summed E-state index contributed by atoms with van der Waals surface area (Å²) in [5.41, 5.74) is 8.93. The minimum Gasteiger partial charge on any atom is -0.322 e. The summed E-state index contributed by atoms with van der Waals surface area (Å²) in [5.74, 6) is 0. The van der Waals surface area contributed by atoms with Crippen molar-refractivity contribution in [3.05, 3.63) is 27.8 Å². The molecule has 7 heteroatoms. The van der Waals surface area contributed by atoms with Gasteiger partial charge in [0.2, 0.25) is 0 Å². The summed E-state index contributed by atoms with van der Waals surface area (Å²) in [6, 6.07) is -0.175. The monoisotopic (exact) mass is 298 g/mol. The molecule has 0 radical (unpaired) electrons. The van der Waals surface area contributed by atoms with Gasteiger partial charge in [0.05, 0.1) is 33.8 Å². The fraction of sp³-hybridized carbons (Fsp3) is 0.500. The Morgan fingerprint density at radius 1 is 1.59 bits per heavy atom. The third-order valence-electron chi connectivity index (χ3n) is 2.68. The van der Waals surface area contributed by atoms with Crippen LogP contribution in [0.5, 0.6) is 0 Å². The van der Waals surface area contributed by atoms with E-state index in [1.807, 2.05) is 11.6 Å². The van der Waals surface area contributed by atoms with Gasteiger partial charge in [-0.15, -0.1) is 0 Å². The highest BCUT2D eigenvalue weighted by atomic mass is 79.9. The van der Waals surface area contributed by atoms with Gasteiger partial charge in [0, 0.05) is 13.0 Å². The number of nitrogens with zero attached hydrogens (tertiary/aromatic N) is 4. The molecule has 17 heavy (non-hydrogen) atoms. The molecule has 0 aliphatic rings. The summed E-state index contributed by atoms with van der Waals surface area (Å²) >= 11 is 3.55. The van der Waals surface area contributed by atoms with Gasteiger partial charge in [-0.2, -0.15) is 20.5 Å². The van der Waals surface area contributed by atoms with Crippen molar-refractivity contribution in [1.29, 1.82) is 0 Å². The molecule has 3 N–H and O–H groups in total. The first-order valence-corrected chi connectivity index (χ1v) is 6.25. The highest BCUT2D eigenvalue weighted by molar-refractivity contribution is 9.10. The molecule has 0 saturated heterocycles.